The van der Waals surface area contributed by atoms with Gasteiger partial charge in [0, 0.05) is 19.1 Å². The average molecular weight is 285 g/mol. The number of primary sulfonamides is 1. The van der Waals surface area contributed by atoms with Crippen LogP contribution in [0.1, 0.15) is 6.42 Å². The standard InChI is InChI=1S/C12H19N3O3S/c13-10-5-6-15(9-10)7-8-18-11-1-3-12(4-2-11)19(14,16)17/h1-4,10H,5-9,13H2,(H2,14,16,17)/t10-/m0/s1. The first kappa shape index (κ1) is 14.3. The summed E-state index contributed by atoms with van der Waals surface area (Å²) in [4.78, 5) is 2.34. The SMILES string of the molecule is N[C@H]1CCN(CCOc2ccc(S(N)(=O)=O)cc2)C1. The number of likely N-dealkylation sites (tertiary alicyclic amines) is 1. The average Bonchev–Trinajstić information content (AvgIpc) is 2.75. The van der Waals surface area contributed by atoms with E-state index in [1.807, 2.05) is 0 Å². The molecule has 6 nitrogen and oxygen atoms in total. The van der Waals surface area contributed by atoms with E-state index in [2.05, 4.69) is 4.90 Å². The fraction of sp³-hybridized carbons (Fsp3) is 0.500. The Hall–Kier alpha value is -1.15. The summed E-state index contributed by atoms with van der Waals surface area (Å²) in [6, 6.07) is 6.37. The Balaban J connectivity index is 1.80. The number of rotatable bonds is 5. The second-order valence-corrected chi connectivity index (χ2v) is 6.28. The zero-order valence-electron chi connectivity index (χ0n) is 10.7. The summed E-state index contributed by atoms with van der Waals surface area (Å²) in [6.07, 6.45) is 1.03. The summed E-state index contributed by atoms with van der Waals surface area (Å²) in [5.41, 5.74) is 5.81. The highest BCUT2D eigenvalue weighted by Crippen LogP contribution is 2.15. The minimum absolute atomic E-state index is 0.0883. The summed E-state index contributed by atoms with van der Waals surface area (Å²) in [6.45, 7) is 3.30. The molecular formula is C12H19N3O3S. The number of ether oxygens (including phenoxy) is 1. The predicted octanol–water partition coefficient (Wildman–Crippen LogP) is -0.254. The van der Waals surface area contributed by atoms with E-state index in [0.717, 1.165) is 26.1 Å². The second kappa shape index (κ2) is 5.87. The van der Waals surface area contributed by atoms with Crippen LogP contribution in [0.5, 0.6) is 5.75 Å². The van der Waals surface area contributed by atoms with Crippen LogP contribution in [0.3, 0.4) is 0 Å². The quantitative estimate of drug-likeness (QED) is 0.777. The van der Waals surface area contributed by atoms with Gasteiger partial charge in [-0.2, -0.15) is 0 Å². The van der Waals surface area contributed by atoms with E-state index in [1.54, 1.807) is 12.1 Å². The van der Waals surface area contributed by atoms with Crippen molar-refractivity contribution in [3.63, 3.8) is 0 Å². The van der Waals surface area contributed by atoms with Crippen molar-refractivity contribution in [3.8, 4) is 5.75 Å². The zero-order valence-corrected chi connectivity index (χ0v) is 11.5. The summed E-state index contributed by atoms with van der Waals surface area (Å²) in [7, 11) is -3.64. The molecule has 1 aromatic carbocycles. The highest BCUT2D eigenvalue weighted by atomic mass is 32.2. The number of nitrogens with zero attached hydrogens (tertiary/aromatic N) is 1. The zero-order chi connectivity index (χ0) is 13.9. The van der Waals surface area contributed by atoms with E-state index in [-0.39, 0.29) is 10.9 Å². The van der Waals surface area contributed by atoms with Gasteiger partial charge in [-0.25, -0.2) is 13.6 Å². The maximum absolute atomic E-state index is 11.1. The normalized spacial score (nSPS) is 20.6. The molecule has 1 aromatic rings. The Kier molecular flexibility index (Phi) is 4.41. The third-order valence-electron chi connectivity index (χ3n) is 3.14. The maximum Gasteiger partial charge on any atom is 0.238 e. The molecule has 0 saturated carbocycles. The molecule has 0 amide bonds. The number of hydrogen-bond donors (Lipinski definition) is 2. The van der Waals surface area contributed by atoms with Gasteiger partial charge in [0.25, 0.3) is 0 Å². The molecule has 1 atom stereocenters. The Morgan fingerprint density at radius 3 is 2.53 bits per heavy atom. The molecule has 1 aliphatic heterocycles. The summed E-state index contributed by atoms with van der Waals surface area (Å²) in [5.74, 6) is 0.635. The molecule has 0 radical (unpaired) electrons. The Labute approximate surface area is 113 Å². The predicted molar refractivity (Wildman–Crippen MR) is 72.3 cm³/mol. The fourth-order valence-corrected chi connectivity index (χ4v) is 2.60. The van der Waals surface area contributed by atoms with Gasteiger partial charge in [-0.3, -0.25) is 4.90 Å². The van der Waals surface area contributed by atoms with Crippen molar-refractivity contribution in [1.29, 1.82) is 0 Å². The van der Waals surface area contributed by atoms with Crippen molar-refractivity contribution in [2.45, 2.75) is 17.4 Å². The van der Waals surface area contributed by atoms with Crippen molar-refractivity contribution in [1.82, 2.24) is 4.90 Å². The van der Waals surface area contributed by atoms with Crippen molar-refractivity contribution >= 4 is 10.0 Å². The monoisotopic (exact) mass is 285 g/mol. The van der Waals surface area contributed by atoms with Crippen LogP contribution >= 0.6 is 0 Å². The molecule has 2 rings (SSSR count). The number of nitrogens with two attached hydrogens (primary N) is 2. The first-order valence-electron chi connectivity index (χ1n) is 6.19. The molecule has 1 heterocycles. The third-order valence-corrected chi connectivity index (χ3v) is 4.07. The van der Waals surface area contributed by atoms with E-state index < -0.39 is 10.0 Å². The molecule has 4 N–H and O–H groups in total. The molecule has 0 unspecified atom stereocenters. The number of benzene rings is 1. The van der Waals surface area contributed by atoms with Crippen LogP contribution in [-0.4, -0.2) is 45.6 Å². The van der Waals surface area contributed by atoms with Gasteiger partial charge in [0.1, 0.15) is 12.4 Å². The van der Waals surface area contributed by atoms with E-state index >= 15 is 0 Å². The second-order valence-electron chi connectivity index (χ2n) is 4.71. The maximum atomic E-state index is 11.1. The van der Waals surface area contributed by atoms with Gasteiger partial charge in [-0.1, -0.05) is 0 Å². The summed E-state index contributed by atoms with van der Waals surface area (Å²) >= 11 is 0. The molecule has 19 heavy (non-hydrogen) atoms. The fourth-order valence-electron chi connectivity index (χ4n) is 2.08. The summed E-state index contributed by atoms with van der Waals surface area (Å²) in [5, 5.41) is 5.02. The van der Waals surface area contributed by atoms with Crippen LogP contribution in [0.2, 0.25) is 0 Å². The lowest BCUT2D eigenvalue weighted by Gasteiger charge is -2.15. The Morgan fingerprint density at radius 1 is 1.32 bits per heavy atom. The van der Waals surface area contributed by atoms with E-state index in [9.17, 15) is 8.42 Å². The molecule has 106 valence electrons. The molecule has 7 heteroatoms. The molecule has 1 saturated heterocycles. The molecule has 0 aromatic heterocycles. The van der Waals surface area contributed by atoms with Crippen LogP contribution in [0.15, 0.2) is 29.2 Å². The van der Waals surface area contributed by atoms with Gasteiger partial charge in [-0.15, -0.1) is 0 Å². The Bertz CT molecular complexity index is 516. The van der Waals surface area contributed by atoms with E-state index in [0.29, 0.717) is 12.4 Å². The van der Waals surface area contributed by atoms with Crippen LogP contribution in [0.4, 0.5) is 0 Å². The minimum Gasteiger partial charge on any atom is -0.492 e. The van der Waals surface area contributed by atoms with E-state index in [1.165, 1.54) is 12.1 Å². The van der Waals surface area contributed by atoms with Crippen LogP contribution in [-0.2, 0) is 10.0 Å². The first-order chi connectivity index (χ1) is 8.95. The van der Waals surface area contributed by atoms with Crippen LogP contribution in [0, 0.1) is 0 Å². The first-order valence-corrected chi connectivity index (χ1v) is 7.73. The molecular weight excluding hydrogens is 266 g/mol. The number of hydrogen-bond acceptors (Lipinski definition) is 5. The molecule has 1 aliphatic rings. The van der Waals surface area contributed by atoms with Gasteiger partial charge in [0.2, 0.25) is 10.0 Å². The minimum atomic E-state index is -3.64. The number of sulfonamides is 1. The summed E-state index contributed by atoms with van der Waals surface area (Å²) < 4.78 is 27.7. The van der Waals surface area contributed by atoms with Gasteiger partial charge in [0.15, 0.2) is 0 Å². The van der Waals surface area contributed by atoms with E-state index in [4.69, 9.17) is 15.6 Å². The molecule has 1 fully saturated rings. The van der Waals surface area contributed by atoms with Gasteiger partial charge < -0.3 is 10.5 Å². The van der Waals surface area contributed by atoms with Crippen molar-refractivity contribution in [3.05, 3.63) is 24.3 Å². The molecule has 0 spiro atoms. The molecule has 0 bridgehead atoms. The largest absolute Gasteiger partial charge is 0.492 e. The Morgan fingerprint density at radius 2 is 2.00 bits per heavy atom. The van der Waals surface area contributed by atoms with Gasteiger partial charge in [-0.05, 0) is 37.2 Å². The van der Waals surface area contributed by atoms with Gasteiger partial charge >= 0.3 is 0 Å². The van der Waals surface area contributed by atoms with Crippen LogP contribution in [0.25, 0.3) is 0 Å². The van der Waals surface area contributed by atoms with Crippen molar-refractivity contribution in [2.75, 3.05) is 26.2 Å². The highest BCUT2D eigenvalue weighted by Gasteiger charge is 2.18. The van der Waals surface area contributed by atoms with Gasteiger partial charge in [0.05, 0.1) is 4.90 Å². The topological polar surface area (TPSA) is 98.6 Å². The lowest BCUT2D eigenvalue weighted by molar-refractivity contribution is 0.236. The van der Waals surface area contributed by atoms with Crippen molar-refractivity contribution < 1.29 is 13.2 Å². The smallest absolute Gasteiger partial charge is 0.238 e. The lowest BCUT2D eigenvalue weighted by Crippen LogP contribution is -2.29. The van der Waals surface area contributed by atoms with Crippen molar-refractivity contribution in [2.24, 2.45) is 10.9 Å². The van der Waals surface area contributed by atoms with Crippen LogP contribution < -0.4 is 15.6 Å². The molecule has 0 aliphatic carbocycles. The lowest BCUT2D eigenvalue weighted by atomic mass is 10.3. The third kappa shape index (κ3) is 4.17. The highest BCUT2D eigenvalue weighted by molar-refractivity contribution is 7.89.